The van der Waals surface area contributed by atoms with E-state index in [-0.39, 0.29) is 5.11 Å². The Labute approximate surface area is 302 Å². The lowest BCUT2D eigenvalue weighted by Crippen LogP contribution is -2.67. The molecule has 2 heterocycles. The van der Waals surface area contributed by atoms with E-state index in [1.54, 1.807) is 99.1 Å². The first-order valence-electron chi connectivity index (χ1n) is 15.5. The molecule has 4 aromatic carbocycles. The van der Waals surface area contributed by atoms with Crippen LogP contribution in [0.25, 0.3) is 22.9 Å². The van der Waals surface area contributed by atoms with Gasteiger partial charge in [-0.05, 0) is 107 Å². The first kappa shape index (κ1) is 33.2. The Bertz CT molecular complexity index is 2220. The summed E-state index contributed by atoms with van der Waals surface area (Å²) in [6, 6.07) is 28.3. The molecular weight excluding hydrogens is 695 g/mol. The van der Waals surface area contributed by atoms with Gasteiger partial charge in [0, 0.05) is 27.4 Å². The zero-order chi connectivity index (χ0) is 35.2. The smallest absolute Gasteiger partial charge is 0.345 e. The van der Waals surface area contributed by atoms with Crippen LogP contribution in [0.1, 0.15) is 39.8 Å². The minimum atomic E-state index is -1.92. The number of methoxy groups -OCH3 is 2. The number of halogens is 2. The highest BCUT2D eigenvalue weighted by Crippen LogP contribution is 2.62. The van der Waals surface area contributed by atoms with Crippen LogP contribution in [-0.4, -0.2) is 41.1 Å². The van der Waals surface area contributed by atoms with E-state index in [0.29, 0.717) is 66.3 Å². The summed E-state index contributed by atoms with van der Waals surface area (Å²) < 4.78 is 10.8. The van der Waals surface area contributed by atoms with Gasteiger partial charge in [0.2, 0.25) is 11.8 Å². The highest BCUT2D eigenvalue weighted by Gasteiger charge is 2.65. The number of aromatic nitrogens is 2. The van der Waals surface area contributed by atoms with E-state index in [9.17, 15) is 14.4 Å². The number of hydrogen-bond acceptors (Lipinski definition) is 7. The average Bonchev–Trinajstić information content (AvgIpc) is 3.11. The first-order chi connectivity index (χ1) is 24.1. The molecule has 9 nitrogen and oxygen atoms in total. The quantitative estimate of drug-likeness (QED) is 0.131. The molecule has 12 heteroatoms. The van der Waals surface area contributed by atoms with Crippen molar-refractivity contribution in [1.82, 2.24) is 20.6 Å². The van der Waals surface area contributed by atoms with Crippen LogP contribution in [0.3, 0.4) is 0 Å². The topological polar surface area (TPSA) is 122 Å². The molecule has 50 heavy (non-hydrogen) atoms. The van der Waals surface area contributed by atoms with E-state index in [2.05, 4.69) is 20.6 Å². The van der Waals surface area contributed by atoms with Gasteiger partial charge in [-0.15, -0.1) is 0 Å². The molecule has 1 aromatic heterocycles. The molecule has 2 amide bonds. The van der Waals surface area contributed by atoms with E-state index in [4.69, 9.17) is 44.9 Å². The molecule has 1 spiro atoms. The molecule has 250 valence electrons. The molecule has 1 fully saturated rings. The number of rotatable bonds is 6. The van der Waals surface area contributed by atoms with E-state index >= 15 is 0 Å². The molecule has 2 atom stereocenters. The molecule has 2 aliphatic rings. The van der Waals surface area contributed by atoms with Gasteiger partial charge in [-0.1, -0.05) is 59.6 Å². The predicted octanol–water partition coefficient (Wildman–Crippen LogP) is 6.75. The van der Waals surface area contributed by atoms with Crippen molar-refractivity contribution < 1.29 is 19.1 Å². The number of carbonyl (C=O) groups is 2. The maximum Gasteiger partial charge on any atom is 0.345 e. The minimum absolute atomic E-state index is 0.114. The zero-order valence-electron chi connectivity index (χ0n) is 26.6. The van der Waals surface area contributed by atoms with Crippen molar-refractivity contribution in [2.75, 3.05) is 14.2 Å². The van der Waals surface area contributed by atoms with Gasteiger partial charge in [0.15, 0.2) is 10.5 Å². The van der Waals surface area contributed by atoms with Crippen LogP contribution < -0.4 is 25.8 Å². The molecule has 5 aromatic rings. The molecule has 1 saturated heterocycles. The lowest BCUT2D eigenvalue weighted by molar-refractivity contribution is -0.145. The number of carbonyl (C=O) groups excluding carboxylic acids is 2. The van der Waals surface area contributed by atoms with Gasteiger partial charge in [0.1, 0.15) is 11.5 Å². The van der Waals surface area contributed by atoms with Crippen LogP contribution in [0, 0.1) is 5.41 Å². The Balaban J connectivity index is 1.67. The summed E-state index contributed by atoms with van der Waals surface area (Å²) in [6.07, 6.45) is 1.84. The molecule has 3 N–H and O–H groups in total. The monoisotopic (exact) mass is 722 g/mol. The lowest BCUT2D eigenvalue weighted by atomic mass is 9.52. The summed E-state index contributed by atoms with van der Waals surface area (Å²) in [6.45, 7) is 0. The van der Waals surface area contributed by atoms with Crippen LogP contribution in [0.4, 0.5) is 0 Å². The van der Waals surface area contributed by atoms with Crippen LogP contribution in [-0.2, 0) is 9.59 Å². The highest BCUT2D eigenvalue weighted by molar-refractivity contribution is 7.80. The van der Waals surface area contributed by atoms with E-state index in [0.717, 1.165) is 0 Å². The van der Waals surface area contributed by atoms with Gasteiger partial charge < -0.3 is 25.1 Å². The lowest BCUT2D eigenvalue weighted by Gasteiger charge is -2.50. The number of thiocarbonyl (C=S) groups is 1. The van der Waals surface area contributed by atoms with Crippen molar-refractivity contribution in [2.24, 2.45) is 5.41 Å². The number of hydrogen-bond donors (Lipinski definition) is 3. The number of aromatic amines is 1. The number of ether oxygens (including phenoxy) is 2. The van der Waals surface area contributed by atoms with Crippen molar-refractivity contribution in [3.8, 4) is 22.8 Å². The molecule has 7 rings (SSSR count). The Kier molecular flexibility index (Phi) is 8.77. The van der Waals surface area contributed by atoms with Crippen molar-refractivity contribution in [3.05, 3.63) is 146 Å². The second kappa shape index (κ2) is 13.2. The van der Waals surface area contributed by atoms with Crippen LogP contribution in [0.2, 0.25) is 10.0 Å². The Hall–Kier alpha value is -5.29. The standard InChI is InChI=1S/C38H28Cl2N4O5S/c1-48-26-15-3-20(4-16-26)19-28-30(21-5-11-24(39)12-6-21)38(34(45)43-37(50)44-35(38)46)31(22-7-13-25(40)14-8-22)29-32(41-36(47)42-33(28)29)23-9-17-27(49-2)18-10-23/h3-19,30-31H,1-2H3,(H,41,42,47)(H2,43,44,45,46,50)/b28-19-. The minimum Gasteiger partial charge on any atom is -0.497 e. The summed E-state index contributed by atoms with van der Waals surface area (Å²) in [5.41, 5.74) is 1.57. The van der Waals surface area contributed by atoms with Gasteiger partial charge in [0.25, 0.3) is 0 Å². The summed E-state index contributed by atoms with van der Waals surface area (Å²) in [7, 11) is 3.13. The summed E-state index contributed by atoms with van der Waals surface area (Å²) >= 11 is 18.1. The number of nitrogens with zero attached hydrogens (tertiary/aromatic N) is 1. The molecule has 2 unspecified atom stereocenters. The second-order valence-electron chi connectivity index (χ2n) is 11.9. The maximum absolute atomic E-state index is 14.9. The number of benzene rings is 4. The Morgan fingerprint density at radius 2 is 1.22 bits per heavy atom. The van der Waals surface area contributed by atoms with Gasteiger partial charge in [-0.25, -0.2) is 4.79 Å². The highest BCUT2D eigenvalue weighted by atomic mass is 35.5. The van der Waals surface area contributed by atoms with Gasteiger partial charge in [-0.2, -0.15) is 4.98 Å². The molecular formula is C38H28Cl2N4O5S. The van der Waals surface area contributed by atoms with Crippen molar-refractivity contribution in [3.63, 3.8) is 0 Å². The van der Waals surface area contributed by atoms with Crippen LogP contribution in [0.5, 0.6) is 11.5 Å². The van der Waals surface area contributed by atoms with Crippen molar-refractivity contribution in [2.45, 2.75) is 11.8 Å². The predicted molar refractivity (Wildman–Crippen MR) is 197 cm³/mol. The third kappa shape index (κ3) is 5.65. The zero-order valence-corrected chi connectivity index (χ0v) is 29.0. The van der Waals surface area contributed by atoms with E-state index in [1.165, 1.54) is 0 Å². The molecule has 0 radical (unpaired) electrons. The Morgan fingerprint density at radius 3 is 1.74 bits per heavy atom. The fourth-order valence-electron chi connectivity index (χ4n) is 7.03. The van der Waals surface area contributed by atoms with Gasteiger partial charge >= 0.3 is 5.69 Å². The van der Waals surface area contributed by atoms with E-state index in [1.807, 2.05) is 18.2 Å². The number of H-pyrrole nitrogens is 1. The first-order valence-corrected chi connectivity index (χ1v) is 16.6. The van der Waals surface area contributed by atoms with Gasteiger partial charge in [-0.3, -0.25) is 9.59 Å². The normalized spacial score (nSPS) is 18.7. The molecule has 1 aliphatic heterocycles. The van der Waals surface area contributed by atoms with Crippen LogP contribution >= 0.6 is 35.4 Å². The van der Waals surface area contributed by atoms with E-state index < -0.39 is 34.8 Å². The maximum atomic E-state index is 14.9. The van der Waals surface area contributed by atoms with Crippen molar-refractivity contribution in [1.29, 1.82) is 0 Å². The summed E-state index contributed by atoms with van der Waals surface area (Å²) in [5, 5.41) is 6.34. The third-order valence-corrected chi connectivity index (χ3v) is 9.89. The van der Waals surface area contributed by atoms with Gasteiger partial charge in [0.05, 0.1) is 25.6 Å². The largest absolute Gasteiger partial charge is 0.497 e. The number of allylic oxidation sites excluding steroid dienone is 1. The third-order valence-electron chi connectivity index (χ3n) is 9.18. The Morgan fingerprint density at radius 1 is 0.720 bits per heavy atom. The van der Waals surface area contributed by atoms with Crippen LogP contribution in [0.15, 0.2) is 102 Å². The molecule has 0 saturated carbocycles. The van der Waals surface area contributed by atoms with Crippen molar-refractivity contribution >= 4 is 64.0 Å². The second-order valence-corrected chi connectivity index (χ2v) is 13.1. The SMILES string of the molecule is COc1ccc(/C=C2\c3nc(=O)[nH]c(-c4ccc(OC)cc4)c3C(c3ccc(Cl)cc3)C3(C(=O)NC(=S)NC3=O)C2c2ccc(Cl)cc2)cc1. The summed E-state index contributed by atoms with van der Waals surface area (Å²) in [5.74, 6) is -2.02. The fourth-order valence-corrected chi connectivity index (χ4v) is 7.47. The number of nitrogens with one attached hydrogen (secondary N) is 3. The average molecular weight is 724 g/mol. The number of fused-ring (bicyclic) bond motifs is 1. The summed E-state index contributed by atoms with van der Waals surface area (Å²) in [4.78, 5) is 51.0. The number of amides is 2. The fraction of sp³-hybridized carbons (Fsp3) is 0.132. The molecule has 1 aliphatic carbocycles. The molecule has 0 bridgehead atoms.